The van der Waals surface area contributed by atoms with Crippen molar-refractivity contribution >= 4 is 40.7 Å². The molecule has 2 aromatic rings. The van der Waals surface area contributed by atoms with Gasteiger partial charge in [-0.25, -0.2) is 0 Å². The van der Waals surface area contributed by atoms with Crippen LogP contribution in [-0.2, 0) is 4.79 Å². The van der Waals surface area contributed by atoms with Gasteiger partial charge in [-0.3, -0.25) is 9.59 Å². The van der Waals surface area contributed by atoms with Gasteiger partial charge in [-0.05, 0) is 50.1 Å². The van der Waals surface area contributed by atoms with E-state index in [-0.39, 0.29) is 17.7 Å². The lowest BCUT2D eigenvalue weighted by Gasteiger charge is -2.31. The molecule has 1 saturated heterocycles. The number of amides is 2. The Morgan fingerprint density at radius 3 is 2.27 bits per heavy atom. The molecule has 26 heavy (non-hydrogen) atoms. The predicted molar refractivity (Wildman–Crippen MR) is 105 cm³/mol. The van der Waals surface area contributed by atoms with Crippen LogP contribution in [0, 0.1) is 12.8 Å². The maximum atomic E-state index is 12.6. The van der Waals surface area contributed by atoms with Gasteiger partial charge in [0.05, 0.1) is 10.0 Å². The number of likely N-dealkylation sites (tertiary alicyclic amines) is 1. The van der Waals surface area contributed by atoms with Crippen molar-refractivity contribution in [3.63, 3.8) is 0 Å². The summed E-state index contributed by atoms with van der Waals surface area (Å²) >= 11 is 11.9. The summed E-state index contributed by atoms with van der Waals surface area (Å²) in [6, 6.07) is 12.6. The third-order valence-corrected chi connectivity index (χ3v) is 5.38. The highest BCUT2D eigenvalue weighted by molar-refractivity contribution is 6.42. The highest BCUT2D eigenvalue weighted by atomic mass is 35.5. The summed E-state index contributed by atoms with van der Waals surface area (Å²) in [5.41, 5.74) is 2.47. The number of carbonyl (C=O) groups excluding carboxylic acids is 2. The van der Waals surface area contributed by atoms with Crippen LogP contribution in [0.2, 0.25) is 10.0 Å². The maximum absolute atomic E-state index is 12.6. The Balaban J connectivity index is 1.56. The molecule has 0 spiro atoms. The Bertz CT molecular complexity index is 813. The van der Waals surface area contributed by atoms with Crippen LogP contribution in [0.4, 0.5) is 5.69 Å². The van der Waals surface area contributed by atoms with Crippen molar-refractivity contribution in [3.05, 3.63) is 63.6 Å². The molecular weight excluding hydrogens is 371 g/mol. The first-order valence-electron chi connectivity index (χ1n) is 8.56. The van der Waals surface area contributed by atoms with Crippen LogP contribution in [0.1, 0.15) is 28.8 Å². The van der Waals surface area contributed by atoms with E-state index in [9.17, 15) is 9.59 Å². The average Bonchev–Trinajstić information content (AvgIpc) is 2.65. The first kappa shape index (κ1) is 18.7. The van der Waals surface area contributed by atoms with Gasteiger partial charge >= 0.3 is 0 Å². The maximum Gasteiger partial charge on any atom is 0.253 e. The van der Waals surface area contributed by atoms with Gasteiger partial charge in [-0.1, -0.05) is 40.9 Å². The number of nitrogens with one attached hydrogen (secondary N) is 1. The molecule has 6 heteroatoms. The molecule has 0 radical (unpaired) electrons. The summed E-state index contributed by atoms with van der Waals surface area (Å²) in [6.45, 7) is 3.10. The molecule has 4 nitrogen and oxygen atoms in total. The van der Waals surface area contributed by atoms with E-state index in [1.807, 2.05) is 31.2 Å². The van der Waals surface area contributed by atoms with Crippen molar-refractivity contribution in [1.29, 1.82) is 0 Å². The fourth-order valence-electron chi connectivity index (χ4n) is 3.04. The molecule has 3 rings (SSSR count). The minimum atomic E-state index is -0.0887. The van der Waals surface area contributed by atoms with Crippen LogP contribution >= 0.6 is 23.2 Å². The molecule has 2 amide bonds. The average molecular weight is 391 g/mol. The van der Waals surface area contributed by atoms with E-state index in [4.69, 9.17) is 23.2 Å². The van der Waals surface area contributed by atoms with E-state index < -0.39 is 0 Å². The largest absolute Gasteiger partial charge is 0.339 e. The van der Waals surface area contributed by atoms with Gasteiger partial charge in [-0.15, -0.1) is 0 Å². The van der Waals surface area contributed by atoms with E-state index >= 15 is 0 Å². The van der Waals surface area contributed by atoms with Gasteiger partial charge in [0.25, 0.3) is 5.91 Å². The van der Waals surface area contributed by atoms with Crippen molar-refractivity contribution < 1.29 is 9.59 Å². The molecule has 0 bridgehead atoms. The van der Waals surface area contributed by atoms with E-state index in [1.165, 1.54) is 0 Å². The summed E-state index contributed by atoms with van der Waals surface area (Å²) in [6.07, 6.45) is 1.29. The lowest BCUT2D eigenvalue weighted by atomic mass is 9.95. The standard InChI is InChI=1S/C20H20Cl2N2O2/c1-13-2-5-16(6-3-13)23-19(25)14-8-10-24(11-9-14)20(26)15-4-7-17(21)18(22)12-15/h2-7,12,14H,8-11H2,1H3,(H,23,25). The van der Waals surface area contributed by atoms with Gasteiger partial charge in [0.2, 0.25) is 5.91 Å². The second-order valence-corrected chi connectivity index (χ2v) is 7.37. The highest BCUT2D eigenvalue weighted by Crippen LogP contribution is 2.25. The molecule has 0 atom stereocenters. The molecule has 1 aliphatic rings. The number of carbonyl (C=O) groups is 2. The van der Waals surface area contributed by atoms with Gasteiger partial charge in [0.15, 0.2) is 0 Å². The summed E-state index contributed by atoms with van der Waals surface area (Å²) in [5, 5.41) is 3.75. The van der Waals surface area contributed by atoms with Crippen molar-refractivity contribution in [2.75, 3.05) is 18.4 Å². The van der Waals surface area contributed by atoms with Gasteiger partial charge in [-0.2, -0.15) is 0 Å². The Morgan fingerprint density at radius 1 is 1.00 bits per heavy atom. The second-order valence-electron chi connectivity index (χ2n) is 6.55. The molecule has 2 aromatic carbocycles. The first-order valence-corrected chi connectivity index (χ1v) is 9.31. The third kappa shape index (κ3) is 4.37. The second kappa shape index (κ2) is 8.11. The molecule has 0 unspecified atom stereocenters. The van der Waals surface area contributed by atoms with Gasteiger partial charge in [0.1, 0.15) is 0 Å². The molecule has 0 aliphatic carbocycles. The first-order chi connectivity index (χ1) is 12.4. The summed E-state index contributed by atoms with van der Waals surface area (Å²) < 4.78 is 0. The number of aryl methyl sites for hydroxylation is 1. The molecule has 1 N–H and O–H groups in total. The summed E-state index contributed by atoms with van der Waals surface area (Å²) in [4.78, 5) is 26.8. The monoisotopic (exact) mass is 390 g/mol. The Hall–Kier alpha value is -2.04. The molecule has 1 aliphatic heterocycles. The zero-order valence-electron chi connectivity index (χ0n) is 14.5. The van der Waals surface area contributed by atoms with Crippen LogP contribution in [0.15, 0.2) is 42.5 Å². The van der Waals surface area contributed by atoms with Crippen molar-refractivity contribution in [1.82, 2.24) is 4.90 Å². The smallest absolute Gasteiger partial charge is 0.253 e. The predicted octanol–water partition coefficient (Wildman–Crippen LogP) is 4.79. The van der Waals surface area contributed by atoms with Gasteiger partial charge in [0, 0.05) is 30.3 Å². The van der Waals surface area contributed by atoms with E-state index in [1.54, 1.807) is 23.1 Å². The van der Waals surface area contributed by atoms with E-state index in [0.29, 0.717) is 41.5 Å². The Kier molecular flexibility index (Phi) is 5.84. The lowest BCUT2D eigenvalue weighted by Crippen LogP contribution is -2.41. The van der Waals surface area contributed by atoms with Crippen LogP contribution < -0.4 is 5.32 Å². The molecular formula is C20H20Cl2N2O2. The number of benzene rings is 2. The third-order valence-electron chi connectivity index (χ3n) is 4.64. The van der Waals surface area contributed by atoms with E-state index in [0.717, 1.165) is 11.3 Å². The van der Waals surface area contributed by atoms with Crippen molar-refractivity contribution in [3.8, 4) is 0 Å². The number of hydrogen-bond donors (Lipinski definition) is 1. The number of piperidine rings is 1. The van der Waals surface area contributed by atoms with Crippen molar-refractivity contribution in [2.45, 2.75) is 19.8 Å². The zero-order valence-corrected chi connectivity index (χ0v) is 16.0. The number of halogens is 2. The zero-order chi connectivity index (χ0) is 18.7. The fraction of sp³-hybridized carbons (Fsp3) is 0.300. The van der Waals surface area contributed by atoms with Crippen LogP contribution in [0.5, 0.6) is 0 Å². The summed E-state index contributed by atoms with van der Waals surface area (Å²) in [7, 11) is 0. The fourth-order valence-corrected chi connectivity index (χ4v) is 3.34. The number of rotatable bonds is 3. The SMILES string of the molecule is Cc1ccc(NC(=O)C2CCN(C(=O)c3ccc(Cl)c(Cl)c3)CC2)cc1. The minimum Gasteiger partial charge on any atom is -0.339 e. The van der Waals surface area contributed by atoms with Gasteiger partial charge < -0.3 is 10.2 Å². The molecule has 0 aromatic heterocycles. The van der Waals surface area contributed by atoms with Crippen LogP contribution in [0.25, 0.3) is 0 Å². The Labute approximate surface area is 163 Å². The van der Waals surface area contributed by atoms with E-state index in [2.05, 4.69) is 5.32 Å². The molecule has 0 saturated carbocycles. The van der Waals surface area contributed by atoms with Crippen LogP contribution in [0.3, 0.4) is 0 Å². The quantitative estimate of drug-likeness (QED) is 0.818. The molecule has 1 heterocycles. The summed E-state index contributed by atoms with van der Waals surface area (Å²) in [5.74, 6) is -0.161. The van der Waals surface area contributed by atoms with Crippen LogP contribution in [-0.4, -0.2) is 29.8 Å². The Morgan fingerprint density at radius 2 is 1.65 bits per heavy atom. The van der Waals surface area contributed by atoms with Crippen molar-refractivity contribution in [2.24, 2.45) is 5.92 Å². The normalized spacial score (nSPS) is 15.0. The molecule has 136 valence electrons. The molecule has 1 fully saturated rings. The highest BCUT2D eigenvalue weighted by Gasteiger charge is 2.28. The topological polar surface area (TPSA) is 49.4 Å². The number of anilines is 1. The number of hydrogen-bond acceptors (Lipinski definition) is 2. The minimum absolute atomic E-state index is 0.00971. The number of nitrogens with zero attached hydrogens (tertiary/aromatic N) is 1. The lowest BCUT2D eigenvalue weighted by molar-refractivity contribution is -0.121.